The number of nitrogens with one attached hydrogen (secondary N) is 1. The normalized spacial score (nSPS) is 15.5. The fourth-order valence-corrected chi connectivity index (χ4v) is 3.34. The van der Waals surface area contributed by atoms with E-state index in [-0.39, 0.29) is 17.1 Å². The quantitative estimate of drug-likeness (QED) is 0.709. The number of hydrogen-bond donors (Lipinski definition) is 1. The Kier molecular flexibility index (Phi) is 4.69. The highest BCUT2D eigenvalue weighted by atomic mass is 35.5. The van der Waals surface area contributed by atoms with Crippen molar-refractivity contribution in [3.8, 4) is 11.3 Å². The number of aromatic nitrogens is 5. The van der Waals surface area contributed by atoms with Gasteiger partial charge in [-0.2, -0.15) is 5.10 Å². The average molecular weight is 379 g/mol. The number of rotatable bonds is 4. The predicted octanol–water partition coefficient (Wildman–Crippen LogP) is 3.05. The van der Waals surface area contributed by atoms with E-state index in [1.54, 1.807) is 12.4 Å². The summed E-state index contributed by atoms with van der Waals surface area (Å²) < 4.78 is 30.9. The van der Waals surface area contributed by atoms with E-state index >= 15 is 0 Å². The average Bonchev–Trinajstić information content (AvgIpc) is 3.32. The van der Waals surface area contributed by atoms with Crippen LogP contribution < -0.4 is 5.32 Å². The van der Waals surface area contributed by atoms with E-state index in [0.717, 1.165) is 43.6 Å². The first-order valence-electron chi connectivity index (χ1n) is 8.39. The molecule has 0 unspecified atom stereocenters. The van der Waals surface area contributed by atoms with Crippen molar-refractivity contribution in [2.24, 2.45) is 0 Å². The third-order valence-corrected chi connectivity index (χ3v) is 4.99. The lowest BCUT2D eigenvalue weighted by Crippen LogP contribution is -2.29. The van der Waals surface area contributed by atoms with Crippen LogP contribution in [0.1, 0.15) is 24.4 Å². The maximum absolute atomic E-state index is 13.9. The summed E-state index contributed by atoms with van der Waals surface area (Å²) in [6, 6.07) is 2.43. The van der Waals surface area contributed by atoms with Crippen LogP contribution in [0.15, 0.2) is 30.7 Å². The van der Waals surface area contributed by atoms with Gasteiger partial charge in [0, 0.05) is 17.3 Å². The first-order valence-corrected chi connectivity index (χ1v) is 8.77. The lowest BCUT2D eigenvalue weighted by atomic mass is 10.1. The third kappa shape index (κ3) is 3.34. The maximum atomic E-state index is 13.9. The summed E-state index contributed by atoms with van der Waals surface area (Å²) in [6.07, 6.45) is 7.42. The molecular formula is C17H17ClF2N6. The van der Waals surface area contributed by atoms with Crippen molar-refractivity contribution in [1.82, 2.24) is 30.1 Å². The molecule has 0 aliphatic carbocycles. The molecule has 0 radical (unpaired) electrons. The van der Waals surface area contributed by atoms with Gasteiger partial charge in [0.05, 0.1) is 30.0 Å². The summed E-state index contributed by atoms with van der Waals surface area (Å²) in [5, 5.41) is 15.6. The molecule has 26 heavy (non-hydrogen) atoms. The van der Waals surface area contributed by atoms with Gasteiger partial charge in [-0.25, -0.2) is 13.5 Å². The van der Waals surface area contributed by atoms with Gasteiger partial charge in [0.25, 0.3) is 0 Å². The molecule has 3 heterocycles. The number of hydrogen-bond acceptors (Lipinski definition) is 4. The SMILES string of the molecule is Fc1ccc(F)c(Cn2cc(-c3cnn(C4CCNCC4)c3)nn2)c1Cl. The Balaban J connectivity index is 1.54. The smallest absolute Gasteiger partial charge is 0.142 e. The van der Waals surface area contributed by atoms with Crippen molar-refractivity contribution in [3.05, 3.63) is 52.9 Å². The molecule has 0 saturated carbocycles. The van der Waals surface area contributed by atoms with Gasteiger partial charge >= 0.3 is 0 Å². The van der Waals surface area contributed by atoms with Crippen LogP contribution in [0.25, 0.3) is 11.3 Å². The lowest BCUT2D eigenvalue weighted by Gasteiger charge is -2.22. The Hall–Kier alpha value is -2.32. The minimum absolute atomic E-state index is 0.00212. The number of piperidine rings is 1. The summed E-state index contributed by atoms with van der Waals surface area (Å²) in [6.45, 7) is 1.96. The molecule has 0 bridgehead atoms. The van der Waals surface area contributed by atoms with Gasteiger partial charge in [-0.1, -0.05) is 16.8 Å². The zero-order chi connectivity index (χ0) is 18.1. The van der Waals surface area contributed by atoms with E-state index < -0.39 is 11.6 Å². The summed E-state index contributed by atoms with van der Waals surface area (Å²) in [4.78, 5) is 0. The Morgan fingerprint density at radius 1 is 1.15 bits per heavy atom. The molecule has 1 N–H and O–H groups in total. The van der Waals surface area contributed by atoms with Gasteiger partial charge in [-0.05, 0) is 38.1 Å². The highest BCUT2D eigenvalue weighted by Gasteiger charge is 2.18. The Labute approximate surface area is 153 Å². The fraction of sp³-hybridized carbons (Fsp3) is 0.353. The van der Waals surface area contributed by atoms with Gasteiger partial charge < -0.3 is 5.32 Å². The molecule has 136 valence electrons. The number of halogens is 3. The molecule has 1 fully saturated rings. The van der Waals surface area contributed by atoms with E-state index in [2.05, 4.69) is 20.7 Å². The number of benzene rings is 1. The first-order chi connectivity index (χ1) is 12.6. The minimum Gasteiger partial charge on any atom is -0.317 e. The van der Waals surface area contributed by atoms with Crippen molar-refractivity contribution < 1.29 is 8.78 Å². The van der Waals surface area contributed by atoms with E-state index in [1.807, 2.05) is 10.9 Å². The molecule has 1 saturated heterocycles. The van der Waals surface area contributed by atoms with Crippen LogP contribution >= 0.6 is 11.6 Å². The second-order valence-corrected chi connectivity index (χ2v) is 6.69. The van der Waals surface area contributed by atoms with Gasteiger partial charge in [-0.3, -0.25) is 4.68 Å². The molecule has 0 spiro atoms. The molecule has 0 atom stereocenters. The van der Waals surface area contributed by atoms with Crippen LogP contribution in [-0.2, 0) is 6.54 Å². The Morgan fingerprint density at radius 2 is 1.92 bits per heavy atom. The van der Waals surface area contributed by atoms with Crippen molar-refractivity contribution in [3.63, 3.8) is 0 Å². The minimum atomic E-state index is -0.661. The van der Waals surface area contributed by atoms with Crippen LogP contribution in [0.4, 0.5) is 8.78 Å². The van der Waals surface area contributed by atoms with E-state index in [0.29, 0.717) is 11.7 Å². The zero-order valence-corrected chi connectivity index (χ0v) is 14.6. The monoisotopic (exact) mass is 378 g/mol. The summed E-state index contributed by atoms with van der Waals surface area (Å²) in [5.41, 5.74) is 1.51. The molecular weight excluding hydrogens is 362 g/mol. The molecule has 1 aliphatic rings. The lowest BCUT2D eigenvalue weighted by molar-refractivity contribution is 0.343. The van der Waals surface area contributed by atoms with Crippen molar-refractivity contribution >= 4 is 11.6 Å². The molecule has 9 heteroatoms. The molecule has 1 aromatic carbocycles. The van der Waals surface area contributed by atoms with E-state index in [4.69, 9.17) is 11.6 Å². The summed E-state index contributed by atoms with van der Waals surface area (Å²) >= 11 is 5.87. The molecule has 0 amide bonds. The van der Waals surface area contributed by atoms with E-state index in [9.17, 15) is 8.78 Å². The second-order valence-electron chi connectivity index (χ2n) is 6.31. The van der Waals surface area contributed by atoms with Crippen molar-refractivity contribution in [2.75, 3.05) is 13.1 Å². The van der Waals surface area contributed by atoms with Gasteiger partial charge in [0.15, 0.2) is 0 Å². The second kappa shape index (κ2) is 7.13. The number of nitrogens with zero attached hydrogens (tertiary/aromatic N) is 5. The van der Waals surface area contributed by atoms with Crippen LogP contribution in [0.5, 0.6) is 0 Å². The highest BCUT2D eigenvalue weighted by Crippen LogP contribution is 2.25. The summed E-state index contributed by atoms with van der Waals surface area (Å²) in [7, 11) is 0. The van der Waals surface area contributed by atoms with Crippen molar-refractivity contribution in [2.45, 2.75) is 25.4 Å². The van der Waals surface area contributed by atoms with Crippen LogP contribution in [0.2, 0.25) is 5.02 Å². The molecule has 1 aliphatic heterocycles. The van der Waals surface area contributed by atoms with Crippen LogP contribution in [-0.4, -0.2) is 37.9 Å². The van der Waals surface area contributed by atoms with Crippen LogP contribution in [0.3, 0.4) is 0 Å². The topological polar surface area (TPSA) is 60.6 Å². The first kappa shape index (κ1) is 17.1. The Bertz CT molecular complexity index is 916. The van der Waals surface area contributed by atoms with Gasteiger partial charge in [-0.15, -0.1) is 5.10 Å². The van der Waals surface area contributed by atoms with Crippen LogP contribution in [0, 0.1) is 11.6 Å². The highest BCUT2D eigenvalue weighted by molar-refractivity contribution is 6.31. The fourth-order valence-electron chi connectivity index (χ4n) is 3.13. The maximum Gasteiger partial charge on any atom is 0.142 e. The zero-order valence-electron chi connectivity index (χ0n) is 13.9. The van der Waals surface area contributed by atoms with Gasteiger partial charge in [0.1, 0.15) is 17.3 Å². The van der Waals surface area contributed by atoms with Gasteiger partial charge in [0.2, 0.25) is 0 Å². The molecule has 3 aromatic rings. The third-order valence-electron chi connectivity index (χ3n) is 4.58. The largest absolute Gasteiger partial charge is 0.317 e. The molecule has 6 nitrogen and oxygen atoms in total. The van der Waals surface area contributed by atoms with Crippen molar-refractivity contribution in [1.29, 1.82) is 0 Å². The standard InChI is InChI=1S/C17H17ClF2N6/c18-17-13(14(19)1-2-15(17)20)9-25-10-16(23-24-25)11-7-22-26(8-11)12-3-5-21-6-4-12/h1-2,7-8,10,12,21H,3-6,9H2. The molecule has 2 aromatic heterocycles. The summed E-state index contributed by atoms with van der Waals surface area (Å²) in [5.74, 6) is -1.24. The molecule has 4 rings (SSSR count). The van der Waals surface area contributed by atoms with E-state index in [1.165, 1.54) is 4.68 Å². The predicted molar refractivity (Wildman–Crippen MR) is 92.9 cm³/mol. The Morgan fingerprint density at radius 3 is 2.73 bits per heavy atom.